The Bertz CT molecular complexity index is 2260. The zero-order valence-corrected chi connectivity index (χ0v) is 43.8. The minimum atomic E-state index is -0.484. The number of esters is 2. The lowest BCUT2D eigenvalue weighted by Crippen LogP contribution is -2.40. The molecule has 3 heterocycles. The smallest absolute Gasteiger partial charge is 0.314 e. The van der Waals surface area contributed by atoms with E-state index in [9.17, 15) is 28.8 Å². The van der Waals surface area contributed by atoms with Gasteiger partial charge >= 0.3 is 11.9 Å². The molecule has 1 saturated heterocycles. The van der Waals surface area contributed by atoms with Gasteiger partial charge in [-0.25, -0.2) is 10.0 Å². The molecule has 3 aliphatic rings. The fourth-order valence-corrected chi connectivity index (χ4v) is 13.7. The summed E-state index contributed by atoms with van der Waals surface area (Å²) in [6, 6.07) is 19.0. The fraction of sp³-hybridized carbons (Fsp3) is 0.462. The number of hydrogen-bond donors (Lipinski definition) is 0. The molecule has 0 radical (unpaired) electrons. The van der Waals surface area contributed by atoms with E-state index in [1.165, 1.54) is 10.0 Å². The SMILES string of the molecule is CCCCC(CC)C(=O)Oc1c2c(c(OC(=O)C(CC)CCCC)c3c1SC(=C1C(=O)N(Cc4ccccc4)N(Cc4ccccc4)C1=O)S3)SC(=C(C(=O)N(CC)CC)C(=O)N(CC)CC)S2. The molecule has 0 spiro atoms. The maximum absolute atomic E-state index is 14.8. The van der Waals surface area contributed by atoms with Crippen molar-refractivity contribution in [1.82, 2.24) is 19.8 Å². The number of fused-ring (bicyclic) bond motifs is 2. The number of benzene rings is 3. The van der Waals surface area contributed by atoms with Crippen molar-refractivity contribution in [1.29, 1.82) is 0 Å². The lowest BCUT2D eigenvalue weighted by Gasteiger charge is -2.27. The summed E-state index contributed by atoms with van der Waals surface area (Å²) in [7, 11) is 0. The van der Waals surface area contributed by atoms with E-state index in [1.807, 2.05) is 102 Å². The molecular weight excluding hydrogens is 937 g/mol. The number of carbonyl (C=O) groups excluding carboxylic acids is 6. The van der Waals surface area contributed by atoms with E-state index in [1.54, 1.807) is 9.80 Å². The molecule has 1 fully saturated rings. The van der Waals surface area contributed by atoms with Crippen LogP contribution in [-0.2, 0) is 41.9 Å². The molecule has 2 atom stereocenters. The van der Waals surface area contributed by atoms with Crippen LogP contribution in [0.2, 0.25) is 0 Å². The molecule has 0 N–H and O–H groups in total. The predicted octanol–water partition coefficient (Wildman–Crippen LogP) is 11.5. The molecule has 3 aromatic rings. The first kappa shape index (κ1) is 52.7. The van der Waals surface area contributed by atoms with Crippen molar-refractivity contribution in [3.63, 3.8) is 0 Å². The number of nitrogens with zero attached hydrogens (tertiary/aromatic N) is 4. The van der Waals surface area contributed by atoms with Gasteiger partial charge in [0.2, 0.25) is 0 Å². The van der Waals surface area contributed by atoms with E-state index in [4.69, 9.17) is 9.47 Å². The second-order valence-electron chi connectivity index (χ2n) is 16.7. The van der Waals surface area contributed by atoms with Crippen molar-refractivity contribution in [2.45, 2.75) is 139 Å². The van der Waals surface area contributed by atoms with Crippen LogP contribution in [-0.4, -0.2) is 81.6 Å². The molecule has 3 aromatic carbocycles. The van der Waals surface area contributed by atoms with Crippen LogP contribution in [0.5, 0.6) is 11.5 Å². The van der Waals surface area contributed by atoms with Crippen LogP contribution in [0, 0.1) is 11.8 Å². The van der Waals surface area contributed by atoms with Gasteiger partial charge in [-0.2, -0.15) is 0 Å². The molecular formula is C52H64N4O8S4. The third kappa shape index (κ3) is 11.5. The zero-order chi connectivity index (χ0) is 49.1. The summed E-state index contributed by atoms with van der Waals surface area (Å²) in [6.45, 7) is 17.3. The van der Waals surface area contributed by atoms with E-state index in [-0.39, 0.29) is 35.7 Å². The lowest BCUT2D eigenvalue weighted by atomic mass is 10.00. The second kappa shape index (κ2) is 24.8. The molecule has 4 amide bonds. The third-order valence-corrected chi connectivity index (χ3v) is 17.6. The second-order valence-corrected chi connectivity index (χ2v) is 21.3. The van der Waals surface area contributed by atoms with E-state index in [0.29, 0.717) is 79.9 Å². The number of hydrazine groups is 1. The minimum absolute atomic E-state index is 0.00986. The third-order valence-electron chi connectivity index (χ3n) is 12.4. The Morgan fingerprint density at radius 1 is 0.544 bits per heavy atom. The molecule has 16 heteroatoms. The summed E-state index contributed by atoms with van der Waals surface area (Å²) in [5, 5.41) is 2.95. The number of carbonyl (C=O) groups is 6. The Morgan fingerprint density at radius 2 is 0.912 bits per heavy atom. The standard InChI is InChI=1S/C52H64N4O8S4/c1-9-17-29-35(11-3)49(61)63-39-41-42(66-51(65-41)37(45(57)53(13-5)14-6)46(58)54(15-7)16-8)40(64-50(62)36(12-4)30-18-10-2)44-43(39)67-52(68-44)38-47(59)55(31-33-25-21-19-22-26-33)56(48(38)60)32-34-27-23-20-24-28-34/h19-28,35-36H,9-18,29-32H2,1-8H3. The maximum atomic E-state index is 14.8. The summed E-state index contributed by atoms with van der Waals surface area (Å²) in [5.74, 6) is -3.19. The number of hydrogen-bond acceptors (Lipinski definition) is 12. The fourth-order valence-electron chi connectivity index (χ4n) is 8.21. The van der Waals surface area contributed by atoms with Gasteiger partial charge in [0.05, 0.1) is 53.0 Å². The van der Waals surface area contributed by atoms with Crippen LogP contribution in [0.25, 0.3) is 0 Å². The van der Waals surface area contributed by atoms with Crippen molar-refractivity contribution in [3.05, 3.63) is 91.4 Å². The van der Waals surface area contributed by atoms with Gasteiger partial charge in [-0.15, -0.1) is 0 Å². The van der Waals surface area contributed by atoms with Crippen LogP contribution < -0.4 is 9.47 Å². The summed E-state index contributed by atoms with van der Waals surface area (Å²) in [4.78, 5) is 92.2. The summed E-state index contributed by atoms with van der Waals surface area (Å²) >= 11 is 4.56. The lowest BCUT2D eigenvalue weighted by molar-refractivity contribution is -0.149. The average molecular weight is 1000 g/mol. The average Bonchev–Trinajstić information content (AvgIpc) is 4.04. The van der Waals surface area contributed by atoms with Gasteiger partial charge in [-0.3, -0.25) is 28.8 Å². The van der Waals surface area contributed by atoms with Crippen LogP contribution in [0.15, 0.2) is 99.9 Å². The highest BCUT2D eigenvalue weighted by atomic mass is 32.2. The Labute approximate surface area is 418 Å². The molecule has 0 bridgehead atoms. The van der Waals surface area contributed by atoms with Gasteiger partial charge in [-0.1, -0.05) is 161 Å². The van der Waals surface area contributed by atoms with Gasteiger partial charge in [-0.05, 0) is 64.5 Å². The Hall–Kier alpha value is -4.64. The highest BCUT2D eigenvalue weighted by Crippen LogP contribution is 2.69. The van der Waals surface area contributed by atoms with E-state index in [2.05, 4.69) is 13.8 Å². The summed E-state index contributed by atoms with van der Waals surface area (Å²) in [5.41, 5.74) is 1.63. The highest BCUT2D eigenvalue weighted by Gasteiger charge is 2.48. The number of unbranched alkanes of at least 4 members (excludes halogenated alkanes) is 2. The van der Waals surface area contributed by atoms with Crippen LogP contribution in [0.3, 0.4) is 0 Å². The molecule has 2 unspecified atom stereocenters. The van der Waals surface area contributed by atoms with Gasteiger partial charge in [0.15, 0.2) is 11.5 Å². The Kier molecular flexibility index (Phi) is 19.2. The molecule has 12 nitrogen and oxygen atoms in total. The quantitative estimate of drug-likeness (QED) is 0.0312. The van der Waals surface area contributed by atoms with Crippen molar-refractivity contribution >= 4 is 82.6 Å². The van der Waals surface area contributed by atoms with Crippen LogP contribution in [0.1, 0.15) is 118 Å². The Morgan fingerprint density at radius 3 is 1.25 bits per heavy atom. The van der Waals surface area contributed by atoms with Crippen molar-refractivity contribution in [3.8, 4) is 11.5 Å². The first-order valence-electron chi connectivity index (χ1n) is 24.1. The molecule has 0 aliphatic carbocycles. The molecule has 68 heavy (non-hydrogen) atoms. The first-order chi connectivity index (χ1) is 32.9. The normalized spacial score (nSPS) is 15.1. The summed E-state index contributed by atoms with van der Waals surface area (Å²) in [6.07, 6.45) is 5.74. The summed E-state index contributed by atoms with van der Waals surface area (Å²) < 4.78 is 13.8. The van der Waals surface area contributed by atoms with E-state index in [0.717, 1.165) is 83.9 Å². The van der Waals surface area contributed by atoms with E-state index >= 15 is 0 Å². The van der Waals surface area contributed by atoms with Crippen molar-refractivity contribution in [2.75, 3.05) is 26.2 Å². The molecule has 0 aromatic heterocycles. The number of likely N-dealkylation sites (N-methyl/N-ethyl adjacent to an activating group) is 2. The molecule has 3 aliphatic heterocycles. The molecule has 6 rings (SSSR count). The topological polar surface area (TPSA) is 134 Å². The van der Waals surface area contributed by atoms with Gasteiger partial charge in [0.1, 0.15) is 11.1 Å². The van der Waals surface area contributed by atoms with Crippen molar-refractivity contribution in [2.24, 2.45) is 11.8 Å². The van der Waals surface area contributed by atoms with Crippen molar-refractivity contribution < 1.29 is 38.2 Å². The number of amides is 4. The van der Waals surface area contributed by atoms with Crippen LogP contribution >= 0.6 is 47.0 Å². The largest absolute Gasteiger partial charge is 0.424 e. The van der Waals surface area contributed by atoms with Gasteiger partial charge in [0, 0.05) is 26.2 Å². The number of thioether (sulfide) groups is 4. The number of ether oxygens (including phenoxy) is 2. The van der Waals surface area contributed by atoms with Gasteiger partial charge in [0.25, 0.3) is 23.6 Å². The number of rotatable bonds is 22. The van der Waals surface area contributed by atoms with Gasteiger partial charge < -0.3 is 19.3 Å². The molecule has 364 valence electrons. The minimum Gasteiger partial charge on any atom is -0.424 e. The monoisotopic (exact) mass is 1000 g/mol. The first-order valence-corrected chi connectivity index (χ1v) is 27.3. The zero-order valence-electron chi connectivity index (χ0n) is 40.5. The highest BCUT2D eigenvalue weighted by molar-refractivity contribution is 8.26. The maximum Gasteiger partial charge on any atom is 0.314 e. The predicted molar refractivity (Wildman–Crippen MR) is 272 cm³/mol. The van der Waals surface area contributed by atoms with Crippen LogP contribution in [0.4, 0.5) is 0 Å². The Balaban J connectivity index is 1.58. The molecule has 0 saturated carbocycles. The van der Waals surface area contributed by atoms with E-state index < -0.39 is 47.4 Å².